The van der Waals surface area contributed by atoms with E-state index in [0.29, 0.717) is 19.6 Å². The summed E-state index contributed by atoms with van der Waals surface area (Å²) in [7, 11) is 0. The molecule has 0 bridgehead atoms. The van der Waals surface area contributed by atoms with Gasteiger partial charge in [-0.2, -0.15) is 0 Å². The number of nitrogens with zero attached hydrogens (tertiary/aromatic N) is 3. The van der Waals surface area contributed by atoms with Crippen LogP contribution in [-0.2, 0) is 23.2 Å². The predicted molar refractivity (Wildman–Crippen MR) is 155 cm³/mol. The lowest BCUT2D eigenvalue weighted by molar-refractivity contribution is -0.117. The number of hydrogen-bond acceptors (Lipinski definition) is 3. The number of benzene rings is 3. The number of unbranched alkanes of at least 4 members (excludes halogenated alkanes) is 1. The molecule has 1 saturated heterocycles. The molecule has 0 spiro atoms. The second kappa shape index (κ2) is 11.0. The van der Waals surface area contributed by atoms with Crippen molar-refractivity contribution in [2.75, 3.05) is 18.1 Å². The van der Waals surface area contributed by atoms with Crippen LogP contribution in [0.1, 0.15) is 69.8 Å². The standard InChI is InChI=1S/C33H39N3O2/c1-5-24-12-16-27(17-13-24)36-23-25(22-31(36)37)32-34-29-10-6-7-11-30(29)35(32)20-8-9-21-38-28-18-14-26(15-19-28)33(2,3)4/h6-7,10-19,25H,5,8-9,20-23H2,1-4H3. The van der Waals surface area contributed by atoms with Crippen LogP contribution >= 0.6 is 0 Å². The maximum atomic E-state index is 13.0. The van der Waals surface area contributed by atoms with Crippen LogP contribution < -0.4 is 9.64 Å². The van der Waals surface area contributed by atoms with Gasteiger partial charge in [0.25, 0.3) is 0 Å². The summed E-state index contributed by atoms with van der Waals surface area (Å²) in [6.07, 6.45) is 3.42. The second-order valence-electron chi connectivity index (χ2n) is 11.4. The number of aryl methyl sites for hydroxylation is 2. The first kappa shape index (κ1) is 26.0. The molecule has 1 fully saturated rings. The van der Waals surface area contributed by atoms with Crippen LogP contribution in [0.4, 0.5) is 5.69 Å². The largest absolute Gasteiger partial charge is 0.494 e. The number of carbonyl (C=O) groups is 1. The zero-order chi connectivity index (χ0) is 26.7. The average Bonchev–Trinajstić information content (AvgIpc) is 3.48. The van der Waals surface area contributed by atoms with E-state index in [2.05, 4.69) is 99.0 Å². The smallest absolute Gasteiger partial charge is 0.227 e. The third kappa shape index (κ3) is 5.62. The fourth-order valence-corrected chi connectivity index (χ4v) is 5.30. The first-order chi connectivity index (χ1) is 18.3. The van der Waals surface area contributed by atoms with Crippen LogP contribution in [0.15, 0.2) is 72.8 Å². The second-order valence-corrected chi connectivity index (χ2v) is 11.4. The monoisotopic (exact) mass is 509 g/mol. The van der Waals surface area contributed by atoms with Crippen LogP contribution in [0.25, 0.3) is 11.0 Å². The number of hydrogen-bond donors (Lipinski definition) is 0. The molecule has 5 heteroatoms. The molecule has 0 saturated carbocycles. The molecule has 198 valence electrons. The molecular formula is C33H39N3O2. The van der Waals surface area contributed by atoms with Crippen molar-refractivity contribution in [2.45, 2.75) is 71.3 Å². The minimum Gasteiger partial charge on any atom is -0.494 e. The Labute approximate surface area is 226 Å². The number of anilines is 1. The molecule has 1 amide bonds. The van der Waals surface area contributed by atoms with Gasteiger partial charge < -0.3 is 14.2 Å². The van der Waals surface area contributed by atoms with Crippen molar-refractivity contribution in [2.24, 2.45) is 0 Å². The number of amides is 1. The number of para-hydroxylation sites is 2. The van der Waals surface area contributed by atoms with Crippen LogP contribution in [0.5, 0.6) is 5.75 Å². The minimum atomic E-state index is 0.0818. The molecule has 4 aromatic rings. The van der Waals surface area contributed by atoms with E-state index in [0.717, 1.165) is 54.1 Å². The van der Waals surface area contributed by atoms with Crippen LogP contribution in [-0.4, -0.2) is 28.6 Å². The van der Waals surface area contributed by atoms with Gasteiger partial charge in [0.15, 0.2) is 0 Å². The van der Waals surface area contributed by atoms with Crippen molar-refractivity contribution >= 4 is 22.6 Å². The third-order valence-electron chi connectivity index (χ3n) is 7.60. The lowest BCUT2D eigenvalue weighted by Crippen LogP contribution is -2.24. The Bertz CT molecular complexity index is 1380. The molecule has 0 N–H and O–H groups in total. The summed E-state index contributed by atoms with van der Waals surface area (Å²) in [6, 6.07) is 25.1. The molecular weight excluding hydrogens is 470 g/mol. The summed E-state index contributed by atoms with van der Waals surface area (Å²) in [6.45, 7) is 11.0. The van der Waals surface area contributed by atoms with Crippen molar-refractivity contribution in [3.63, 3.8) is 0 Å². The van der Waals surface area contributed by atoms with Crippen molar-refractivity contribution in [3.05, 3.63) is 89.7 Å². The fraction of sp³-hybridized carbons (Fsp3) is 0.394. The van der Waals surface area contributed by atoms with Crippen molar-refractivity contribution < 1.29 is 9.53 Å². The summed E-state index contributed by atoms with van der Waals surface area (Å²) >= 11 is 0. The van der Waals surface area contributed by atoms with Gasteiger partial charge in [-0.25, -0.2) is 4.98 Å². The number of rotatable bonds is 9. The summed E-state index contributed by atoms with van der Waals surface area (Å²) in [4.78, 5) is 20.0. The Morgan fingerprint density at radius 1 is 0.947 bits per heavy atom. The SMILES string of the molecule is CCc1ccc(N2CC(c3nc4ccccc4n3CCCCOc3ccc(C(C)(C)C)cc3)CC2=O)cc1. The topological polar surface area (TPSA) is 47.4 Å². The first-order valence-electron chi connectivity index (χ1n) is 13.9. The van der Waals surface area contributed by atoms with Crippen molar-refractivity contribution in [3.8, 4) is 5.75 Å². The maximum absolute atomic E-state index is 13.0. The number of imidazole rings is 1. The summed E-state index contributed by atoms with van der Waals surface area (Å²) < 4.78 is 8.36. The Morgan fingerprint density at radius 3 is 2.39 bits per heavy atom. The van der Waals surface area contributed by atoms with E-state index in [1.54, 1.807) is 0 Å². The molecule has 0 radical (unpaired) electrons. The number of carbonyl (C=O) groups excluding carboxylic acids is 1. The van der Waals surface area contributed by atoms with E-state index in [-0.39, 0.29) is 17.2 Å². The molecule has 1 unspecified atom stereocenters. The van der Waals surface area contributed by atoms with E-state index in [1.165, 1.54) is 11.1 Å². The molecule has 1 aliphatic heterocycles. The molecule has 1 aromatic heterocycles. The quantitative estimate of drug-likeness (QED) is 0.223. The van der Waals surface area contributed by atoms with Crippen LogP contribution in [0.3, 0.4) is 0 Å². The molecule has 38 heavy (non-hydrogen) atoms. The Balaban J connectivity index is 1.24. The van der Waals surface area contributed by atoms with Gasteiger partial charge >= 0.3 is 0 Å². The van der Waals surface area contributed by atoms with Gasteiger partial charge in [-0.15, -0.1) is 0 Å². The third-order valence-corrected chi connectivity index (χ3v) is 7.60. The highest BCUT2D eigenvalue weighted by molar-refractivity contribution is 5.96. The van der Waals surface area contributed by atoms with Gasteiger partial charge in [0.05, 0.1) is 17.6 Å². The van der Waals surface area contributed by atoms with Crippen LogP contribution in [0, 0.1) is 0 Å². The van der Waals surface area contributed by atoms with E-state index in [1.807, 2.05) is 11.0 Å². The molecule has 5 nitrogen and oxygen atoms in total. The summed E-state index contributed by atoms with van der Waals surface area (Å²) in [5, 5.41) is 0. The molecule has 0 aliphatic carbocycles. The lowest BCUT2D eigenvalue weighted by atomic mass is 9.87. The number of aromatic nitrogens is 2. The Kier molecular flexibility index (Phi) is 7.55. The van der Waals surface area contributed by atoms with Crippen molar-refractivity contribution in [1.82, 2.24) is 9.55 Å². The van der Waals surface area contributed by atoms with Crippen LogP contribution in [0.2, 0.25) is 0 Å². The molecule has 5 rings (SSSR count). The number of fused-ring (bicyclic) bond motifs is 1. The molecule has 1 atom stereocenters. The zero-order valence-corrected chi connectivity index (χ0v) is 23.1. The van der Waals surface area contributed by atoms with Gasteiger partial charge in [-0.05, 0) is 72.2 Å². The summed E-state index contributed by atoms with van der Waals surface area (Å²) in [5.74, 6) is 2.19. The fourth-order valence-electron chi connectivity index (χ4n) is 5.30. The van der Waals surface area contributed by atoms with Gasteiger partial charge in [0, 0.05) is 31.1 Å². The minimum absolute atomic E-state index is 0.0818. The van der Waals surface area contributed by atoms with E-state index < -0.39 is 0 Å². The van der Waals surface area contributed by atoms with Gasteiger partial charge in [-0.3, -0.25) is 4.79 Å². The van der Waals surface area contributed by atoms with Gasteiger partial charge in [0.2, 0.25) is 5.91 Å². The van der Waals surface area contributed by atoms with E-state index in [9.17, 15) is 4.79 Å². The predicted octanol–water partition coefficient (Wildman–Crippen LogP) is 7.28. The Morgan fingerprint density at radius 2 is 1.68 bits per heavy atom. The lowest BCUT2D eigenvalue weighted by Gasteiger charge is -2.19. The highest BCUT2D eigenvalue weighted by atomic mass is 16.5. The highest BCUT2D eigenvalue weighted by Gasteiger charge is 2.34. The van der Waals surface area contributed by atoms with E-state index in [4.69, 9.17) is 9.72 Å². The average molecular weight is 510 g/mol. The normalized spacial score (nSPS) is 15.9. The molecule has 3 aromatic carbocycles. The van der Waals surface area contributed by atoms with Gasteiger partial charge in [-0.1, -0.05) is 64.1 Å². The van der Waals surface area contributed by atoms with Gasteiger partial charge in [0.1, 0.15) is 11.6 Å². The first-order valence-corrected chi connectivity index (χ1v) is 13.9. The van der Waals surface area contributed by atoms with Crippen molar-refractivity contribution in [1.29, 1.82) is 0 Å². The zero-order valence-electron chi connectivity index (χ0n) is 23.1. The molecule has 2 heterocycles. The maximum Gasteiger partial charge on any atom is 0.227 e. The Hall–Kier alpha value is -3.60. The number of ether oxygens (including phenoxy) is 1. The highest BCUT2D eigenvalue weighted by Crippen LogP contribution is 2.33. The molecule has 1 aliphatic rings. The summed E-state index contributed by atoms with van der Waals surface area (Å²) in [5.41, 5.74) is 5.85. The van der Waals surface area contributed by atoms with E-state index >= 15 is 0 Å².